The highest BCUT2D eigenvalue weighted by Gasteiger charge is 2.50. The van der Waals surface area contributed by atoms with E-state index in [1.165, 1.54) is 12.0 Å². The van der Waals surface area contributed by atoms with Crippen molar-refractivity contribution in [1.82, 2.24) is 5.32 Å². The maximum absolute atomic E-state index is 10.1. The van der Waals surface area contributed by atoms with Gasteiger partial charge in [0.1, 0.15) is 0 Å². The van der Waals surface area contributed by atoms with Gasteiger partial charge in [-0.05, 0) is 43.7 Å². The van der Waals surface area contributed by atoms with Crippen molar-refractivity contribution in [3.63, 3.8) is 0 Å². The summed E-state index contributed by atoms with van der Waals surface area (Å²) in [5.74, 6) is 0.714. The van der Waals surface area contributed by atoms with Gasteiger partial charge in [0.05, 0.1) is 6.10 Å². The average Bonchev–Trinajstić information content (AvgIpc) is 2.85. The molecule has 1 aromatic carbocycles. The van der Waals surface area contributed by atoms with E-state index in [9.17, 15) is 5.11 Å². The van der Waals surface area contributed by atoms with Crippen molar-refractivity contribution in [2.45, 2.75) is 37.3 Å². The van der Waals surface area contributed by atoms with Gasteiger partial charge in [-0.2, -0.15) is 0 Å². The summed E-state index contributed by atoms with van der Waals surface area (Å²) in [6, 6.07) is 10.6. The molecular formula is C14H19NO. The Morgan fingerprint density at radius 1 is 1.31 bits per heavy atom. The number of hydrogen-bond acceptors (Lipinski definition) is 2. The first-order valence-electron chi connectivity index (χ1n) is 6.25. The number of aliphatic hydroxyl groups is 1. The largest absolute Gasteiger partial charge is 0.391 e. The lowest BCUT2D eigenvalue weighted by atomic mass is 9.88. The zero-order valence-corrected chi connectivity index (χ0v) is 9.52. The number of rotatable bonds is 3. The number of aryl methyl sites for hydroxylation is 1. The predicted molar refractivity (Wildman–Crippen MR) is 64.2 cm³/mol. The molecule has 0 radical (unpaired) electrons. The van der Waals surface area contributed by atoms with Gasteiger partial charge in [0.25, 0.3) is 0 Å². The van der Waals surface area contributed by atoms with Crippen LogP contribution in [0.25, 0.3) is 0 Å². The first kappa shape index (κ1) is 10.3. The molecule has 2 fully saturated rings. The fourth-order valence-electron chi connectivity index (χ4n) is 3.34. The molecule has 3 atom stereocenters. The molecule has 2 nitrogen and oxygen atoms in total. The molecule has 2 heteroatoms. The second kappa shape index (κ2) is 3.86. The van der Waals surface area contributed by atoms with Gasteiger partial charge in [0, 0.05) is 5.54 Å². The first-order valence-corrected chi connectivity index (χ1v) is 6.25. The maximum Gasteiger partial charge on any atom is 0.0725 e. The zero-order chi connectivity index (χ0) is 11.0. The molecule has 2 aliphatic rings. The molecule has 1 aliphatic carbocycles. The molecule has 2 N–H and O–H groups in total. The highest BCUT2D eigenvalue weighted by Crippen LogP contribution is 2.42. The summed E-state index contributed by atoms with van der Waals surface area (Å²) in [7, 11) is 0. The number of aliphatic hydroxyl groups excluding tert-OH is 1. The van der Waals surface area contributed by atoms with Crippen LogP contribution in [0.1, 0.15) is 24.8 Å². The summed E-state index contributed by atoms with van der Waals surface area (Å²) in [4.78, 5) is 0. The van der Waals surface area contributed by atoms with E-state index in [0.29, 0.717) is 5.92 Å². The van der Waals surface area contributed by atoms with Crippen LogP contribution < -0.4 is 5.32 Å². The lowest BCUT2D eigenvalue weighted by Crippen LogP contribution is -2.50. The van der Waals surface area contributed by atoms with Crippen molar-refractivity contribution in [3.05, 3.63) is 35.9 Å². The van der Waals surface area contributed by atoms with Gasteiger partial charge in [-0.25, -0.2) is 0 Å². The SMILES string of the molecule is OC1CC2CNC1(CCc1ccccc1)C2. The molecular weight excluding hydrogens is 198 g/mol. The second-order valence-electron chi connectivity index (χ2n) is 5.34. The van der Waals surface area contributed by atoms with E-state index >= 15 is 0 Å². The smallest absolute Gasteiger partial charge is 0.0725 e. The topological polar surface area (TPSA) is 32.3 Å². The Morgan fingerprint density at radius 2 is 2.12 bits per heavy atom. The van der Waals surface area contributed by atoms with E-state index < -0.39 is 0 Å². The van der Waals surface area contributed by atoms with Crippen molar-refractivity contribution in [1.29, 1.82) is 0 Å². The predicted octanol–water partition coefficient (Wildman–Crippen LogP) is 1.73. The fraction of sp³-hybridized carbons (Fsp3) is 0.571. The second-order valence-corrected chi connectivity index (χ2v) is 5.34. The van der Waals surface area contributed by atoms with Crippen molar-refractivity contribution in [2.75, 3.05) is 6.54 Å². The van der Waals surface area contributed by atoms with E-state index in [-0.39, 0.29) is 11.6 Å². The number of fused-ring (bicyclic) bond motifs is 2. The summed E-state index contributed by atoms with van der Waals surface area (Å²) in [6.45, 7) is 1.10. The van der Waals surface area contributed by atoms with Crippen LogP contribution >= 0.6 is 0 Å². The van der Waals surface area contributed by atoms with Crippen molar-refractivity contribution in [2.24, 2.45) is 5.92 Å². The number of nitrogens with one attached hydrogen (secondary N) is 1. The molecule has 0 amide bonds. The normalized spacial score (nSPS) is 36.8. The van der Waals surface area contributed by atoms with Gasteiger partial charge in [-0.15, -0.1) is 0 Å². The molecule has 16 heavy (non-hydrogen) atoms. The third-order valence-electron chi connectivity index (χ3n) is 4.29. The van der Waals surface area contributed by atoms with Crippen LogP contribution in [0, 0.1) is 5.92 Å². The van der Waals surface area contributed by atoms with Crippen LogP contribution in [0.5, 0.6) is 0 Å². The van der Waals surface area contributed by atoms with Crippen LogP contribution in [-0.4, -0.2) is 23.3 Å². The standard InChI is InChI=1S/C14H19NO/c16-13-8-12-9-14(13,15-10-12)7-6-11-4-2-1-3-5-11/h1-5,12-13,15-16H,6-10H2. The third-order valence-corrected chi connectivity index (χ3v) is 4.29. The molecule has 2 bridgehead atoms. The molecule has 3 rings (SSSR count). The maximum atomic E-state index is 10.1. The molecule has 0 aromatic heterocycles. The molecule has 1 aliphatic heterocycles. The summed E-state index contributed by atoms with van der Waals surface area (Å²) in [5, 5.41) is 13.6. The average molecular weight is 217 g/mol. The Labute approximate surface area is 96.7 Å². The highest BCUT2D eigenvalue weighted by atomic mass is 16.3. The minimum Gasteiger partial charge on any atom is -0.391 e. The minimum absolute atomic E-state index is 0.0283. The Hall–Kier alpha value is -0.860. The number of piperidine rings is 1. The van der Waals surface area contributed by atoms with Crippen LogP contribution in [-0.2, 0) is 6.42 Å². The number of benzene rings is 1. The fourth-order valence-corrected chi connectivity index (χ4v) is 3.34. The van der Waals surface area contributed by atoms with Gasteiger partial charge >= 0.3 is 0 Å². The van der Waals surface area contributed by atoms with E-state index in [1.807, 2.05) is 0 Å². The van der Waals surface area contributed by atoms with Gasteiger partial charge in [-0.1, -0.05) is 30.3 Å². The molecule has 1 saturated heterocycles. The summed E-state index contributed by atoms with van der Waals surface area (Å²) in [5.41, 5.74) is 1.40. The summed E-state index contributed by atoms with van der Waals surface area (Å²) < 4.78 is 0. The lowest BCUT2D eigenvalue weighted by Gasteiger charge is -2.32. The van der Waals surface area contributed by atoms with E-state index in [2.05, 4.69) is 35.6 Å². The quantitative estimate of drug-likeness (QED) is 0.808. The summed E-state index contributed by atoms with van der Waals surface area (Å²) in [6.07, 6.45) is 4.17. The molecule has 3 unspecified atom stereocenters. The molecule has 1 aromatic rings. The van der Waals surface area contributed by atoms with Crippen LogP contribution in [0.4, 0.5) is 0 Å². The van der Waals surface area contributed by atoms with Gasteiger partial charge in [0.15, 0.2) is 0 Å². The van der Waals surface area contributed by atoms with E-state index in [0.717, 1.165) is 25.8 Å². The highest BCUT2D eigenvalue weighted by molar-refractivity contribution is 5.17. The van der Waals surface area contributed by atoms with Gasteiger partial charge < -0.3 is 10.4 Å². The number of hydrogen-bond donors (Lipinski definition) is 2. The van der Waals surface area contributed by atoms with Gasteiger partial charge in [-0.3, -0.25) is 0 Å². The molecule has 1 saturated carbocycles. The Morgan fingerprint density at radius 3 is 2.75 bits per heavy atom. The van der Waals surface area contributed by atoms with E-state index in [1.54, 1.807) is 0 Å². The molecule has 86 valence electrons. The minimum atomic E-state index is -0.130. The van der Waals surface area contributed by atoms with Crippen molar-refractivity contribution in [3.8, 4) is 0 Å². The first-order chi connectivity index (χ1) is 7.78. The van der Waals surface area contributed by atoms with Gasteiger partial charge in [0.2, 0.25) is 0 Å². The van der Waals surface area contributed by atoms with E-state index in [4.69, 9.17) is 0 Å². The van der Waals surface area contributed by atoms with Crippen LogP contribution in [0.3, 0.4) is 0 Å². The van der Waals surface area contributed by atoms with Crippen molar-refractivity contribution < 1.29 is 5.11 Å². The Kier molecular flexibility index (Phi) is 2.49. The van der Waals surface area contributed by atoms with Crippen LogP contribution in [0.2, 0.25) is 0 Å². The summed E-state index contributed by atoms with van der Waals surface area (Å²) >= 11 is 0. The molecule has 0 spiro atoms. The molecule has 1 heterocycles. The van der Waals surface area contributed by atoms with Crippen molar-refractivity contribution >= 4 is 0 Å². The monoisotopic (exact) mass is 217 g/mol. The third kappa shape index (κ3) is 1.66. The Bertz CT molecular complexity index is 364. The van der Waals surface area contributed by atoms with Crippen LogP contribution in [0.15, 0.2) is 30.3 Å². The lowest BCUT2D eigenvalue weighted by molar-refractivity contribution is 0.0722. The zero-order valence-electron chi connectivity index (χ0n) is 9.52. The Balaban J connectivity index is 1.67.